The van der Waals surface area contributed by atoms with Crippen LogP contribution in [0.3, 0.4) is 0 Å². The Morgan fingerprint density at radius 3 is 2.00 bits per heavy atom. The molecule has 16 heavy (non-hydrogen) atoms. The van der Waals surface area contributed by atoms with Crippen LogP contribution in [-0.2, 0) is 9.31 Å². The van der Waals surface area contributed by atoms with Crippen molar-refractivity contribution in [2.24, 2.45) is 0 Å². The minimum Gasteiger partial charge on any atom is -0.399 e. The topological polar surface area (TPSA) is 18.5 Å². The summed E-state index contributed by atoms with van der Waals surface area (Å²) in [5, 5.41) is 0. The Morgan fingerprint density at radius 1 is 1.12 bits per heavy atom. The Bertz CT molecular complexity index is 311. The molecule has 1 aliphatic rings. The van der Waals surface area contributed by atoms with Crippen LogP contribution >= 0.6 is 0 Å². The SMILES string of the molecule is C=CC=CC(=CC)B1OC(C)(C)C(C)(C)O1. The summed E-state index contributed by atoms with van der Waals surface area (Å²) >= 11 is 0. The summed E-state index contributed by atoms with van der Waals surface area (Å²) in [6.45, 7) is 13.8. The summed E-state index contributed by atoms with van der Waals surface area (Å²) in [4.78, 5) is 0. The van der Waals surface area contributed by atoms with E-state index in [9.17, 15) is 0 Å². The molecule has 0 aromatic rings. The smallest absolute Gasteiger partial charge is 0.399 e. The van der Waals surface area contributed by atoms with Crippen LogP contribution in [0, 0.1) is 0 Å². The van der Waals surface area contributed by atoms with Gasteiger partial charge in [-0.3, -0.25) is 0 Å². The Hall–Kier alpha value is -0.795. The summed E-state index contributed by atoms with van der Waals surface area (Å²) < 4.78 is 11.9. The van der Waals surface area contributed by atoms with Gasteiger partial charge in [0.1, 0.15) is 0 Å². The zero-order chi connectivity index (χ0) is 12.4. The van der Waals surface area contributed by atoms with Gasteiger partial charge in [-0.1, -0.05) is 30.9 Å². The molecular weight excluding hydrogens is 199 g/mol. The van der Waals surface area contributed by atoms with Crippen molar-refractivity contribution < 1.29 is 9.31 Å². The fraction of sp³-hybridized carbons (Fsp3) is 0.538. The minimum absolute atomic E-state index is 0.284. The molecule has 0 N–H and O–H groups in total. The third-order valence-electron chi connectivity index (χ3n) is 3.28. The van der Waals surface area contributed by atoms with Crippen LogP contribution < -0.4 is 0 Å². The van der Waals surface area contributed by atoms with Gasteiger partial charge in [0.25, 0.3) is 0 Å². The quantitative estimate of drug-likeness (QED) is 0.536. The summed E-state index contributed by atoms with van der Waals surface area (Å²) in [7, 11) is -0.286. The highest BCUT2D eigenvalue weighted by Gasteiger charge is 2.51. The van der Waals surface area contributed by atoms with Gasteiger partial charge in [0.05, 0.1) is 11.2 Å². The maximum absolute atomic E-state index is 5.94. The minimum atomic E-state index is -0.286. The van der Waals surface area contributed by atoms with E-state index in [-0.39, 0.29) is 18.3 Å². The van der Waals surface area contributed by atoms with Crippen LogP contribution in [0.2, 0.25) is 0 Å². The monoisotopic (exact) mass is 220 g/mol. The van der Waals surface area contributed by atoms with Crippen molar-refractivity contribution in [2.45, 2.75) is 45.8 Å². The fourth-order valence-electron chi connectivity index (χ4n) is 1.47. The van der Waals surface area contributed by atoms with Crippen molar-refractivity contribution in [3.63, 3.8) is 0 Å². The first-order valence-corrected chi connectivity index (χ1v) is 5.65. The lowest BCUT2D eigenvalue weighted by Crippen LogP contribution is -2.41. The summed E-state index contributed by atoms with van der Waals surface area (Å²) in [6, 6.07) is 0. The maximum atomic E-state index is 5.94. The summed E-state index contributed by atoms with van der Waals surface area (Å²) in [5.74, 6) is 0. The van der Waals surface area contributed by atoms with Gasteiger partial charge >= 0.3 is 7.12 Å². The van der Waals surface area contributed by atoms with Crippen LogP contribution in [0.5, 0.6) is 0 Å². The zero-order valence-corrected chi connectivity index (χ0v) is 10.9. The van der Waals surface area contributed by atoms with Crippen molar-refractivity contribution in [1.82, 2.24) is 0 Å². The lowest BCUT2D eigenvalue weighted by molar-refractivity contribution is 0.00578. The number of hydrogen-bond acceptors (Lipinski definition) is 2. The Morgan fingerprint density at radius 2 is 1.62 bits per heavy atom. The zero-order valence-electron chi connectivity index (χ0n) is 10.9. The molecule has 1 saturated heterocycles. The van der Waals surface area contributed by atoms with Gasteiger partial charge in [0.2, 0.25) is 0 Å². The molecule has 88 valence electrons. The molecule has 0 saturated carbocycles. The van der Waals surface area contributed by atoms with Crippen molar-refractivity contribution >= 4 is 7.12 Å². The molecule has 0 aromatic carbocycles. The molecule has 1 heterocycles. The maximum Gasteiger partial charge on any atom is 0.494 e. The average molecular weight is 220 g/mol. The normalized spacial score (nSPS) is 24.1. The van der Waals surface area contributed by atoms with Gasteiger partial charge in [0, 0.05) is 0 Å². The van der Waals surface area contributed by atoms with Crippen molar-refractivity contribution in [3.05, 3.63) is 36.4 Å². The largest absolute Gasteiger partial charge is 0.494 e. The molecule has 0 atom stereocenters. The average Bonchev–Trinajstić information content (AvgIpc) is 2.37. The molecule has 0 bridgehead atoms. The molecule has 1 fully saturated rings. The number of rotatable bonds is 3. The molecule has 1 aliphatic heterocycles. The van der Waals surface area contributed by atoms with Gasteiger partial charge in [-0.05, 0) is 40.1 Å². The summed E-state index contributed by atoms with van der Waals surface area (Å²) in [6.07, 6.45) is 7.60. The van der Waals surface area contributed by atoms with Crippen molar-refractivity contribution in [1.29, 1.82) is 0 Å². The van der Waals surface area contributed by atoms with E-state index in [0.717, 1.165) is 5.47 Å². The second-order valence-electron chi connectivity index (χ2n) is 4.97. The molecule has 0 aliphatic carbocycles. The van der Waals surface area contributed by atoms with Gasteiger partial charge < -0.3 is 9.31 Å². The summed E-state index contributed by atoms with van der Waals surface area (Å²) in [5.41, 5.74) is 0.459. The van der Waals surface area contributed by atoms with E-state index in [1.54, 1.807) is 6.08 Å². The number of allylic oxidation sites excluding steroid dienone is 5. The lowest BCUT2D eigenvalue weighted by atomic mass is 9.78. The van der Waals surface area contributed by atoms with Crippen LogP contribution in [0.15, 0.2) is 36.4 Å². The van der Waals surface area contributed by atoms with E-state index in [1.165, 1.54) is 0 Å². The standard InChI is InChI=1S/C13H21BO2/c1-7-9-10-11(8-2)14-15-12(3,4)13(5,6)16-14/h7-10H,1H2,2-6H3. The first-order chi connectivity index (χ1) is 7.34. The predicted octanol–water partition coefficient (Wildman–Crippen LogP) is 3.31. The van der Waals surface area contributed by atoms with Crippen LogP contribution in [0.25, 0.3) is 0 Å². The molecule has 0 radical (unpaired) electrons. The van der Waals surface area contributed by atoms with E-state index >= 15 is 0 Å². The van der Waals surface area contributed by atoms with E-state index < -0.39 is 0 Å². The van der Waals surface area contributed by atoms with Crippen LogP contribution in [0.1, 0.15) is 34.6 Å². The van der Waals surface area contributed by atoms with Crippen molar-refractivity contribution in [3.8, 4) is 0 Å². The van der Waals surface area contributed by atoms with E-state index in [4.69, 9.17) is 9.31 Å². The van der Waals surface area contributed by atoms with E-state index in [1.807, 2.05) is 25.2 Å². The third-order valence-corrected chi connectivity index (χ3v) is 3.28. The van der Waals surface area contributed by atoms with Gasteiger partial charge in [-0.15, -0.1) is 0 Å². The lowest BCUT2D eigenvalue weighted by Gasteiger charge is -2.32. The second-order valence-corrected chi connectivity index (χ2v) is 4.97. The van der Waals surface area contributed by atoms with E-state index in [2.05, 4.69) is 34.3 Å². The van der Waals surface area contributed by atoms with Crippen LogP contribution in [-0.4, -0.2) is 18.3 Å². The second kappa shape index (κ2) is 4.60. The first-order valence-electron chi connectivity index (χ1n) is 5.65. The molecule has 0 spiro atoms. The Labute approximate surface area is 99.2 Å². The molecular formula is C13H21BO2. The van der Waals surface area contributed by atoms with E-state index in [0.29, 0.717) is 0 Å². The highest BCUT2D eigenvalue weighted by Crippen LogP contribution is 2.38. The van der Waals surface area contributed by atoms with Gasteiger partial charge in [0.15, 0.2) is 0 Å². The molecule has 3 heteroatoms. The fourth-order valence-corrected chi connectivity index (χ4v) is 1.47. The predicted molar refractivity (Wildman–Crippen MR) is 69.2 cm³/mol. The molecule has 1 rings (SSSR count). The Balaban J connectivity index is 2.86. The number of hydrogen-bond donors (Lipinski definition) is 0. The molecule has 0 unspecified atom stereocenters. The van der Waals surface area contributed by atoms with Gasteiger partial charge in [-0.2, -0.15) is 0 Å². The highest BCUT2D eigenvalue weighted by molar-refractivity contribution is 6.55. The molecule has 2 nitrogen and oxygen atoms in total. The molecule has 0 amide bonds. The Kier molecular flexibility index (Phi) is 3.82. The van der Waals surface area contributed by atoms with Crippen LogP contribution in [0.4, 0.5) is 0 Å². The first kappa shape index (κ1) is 13.3. The third kappa shape index (κ3) is 2.47. The van der Waals surface area contributed by atoms with Gasteiger partial charge in [-0.25, -0.2) is 0 Å². The highest BCUT2D eigenvalue weighted by atomic mass is 16.7. The van der Waals surface area contributed by atoms with Crippen molar-refractivity contribution in [2.75, 3.05) is 0 Å². The molecule has 0 aromatic heterocycles.